The number of pyridine rings is 2. The summed E-state index contributed by atoms with van der Waals surface area (Å²) in [6.45, 7) is 4.71. The molecule has 1 aliphatic heterocycles. The molecule has 6 rings (SSSR count). The molecule has 1 unspecified atom stereocenters. The highest BCUT2D eigenvalue weighted by molar-refractivity contribution is 5.98. The summed E-state index contributed by atoms with van der Waals surface area (Å²) in [5.41, 5.74) is -0.353. The van der Waals surface area contributed by atoms with Gasteiger partial charge in [-0.2, -0.15) is 5.26 Å². The van der Waals surface area contributed by atoms with Crippen molar-refractivity contribution in [2.24, 2.45) is 0 Å². The second-order valence-electron chi connectivity index (χ2n) is 10.6. The van der Waals surface area contributed by atoms with Crippen LogP contribution in [0.25, 0.3) is 0 Å². The fraction of sp³-hybridized carbons (Fsp3) is 0.375. The molecule has 3 aliphatic rings. The lowest BCUT2D eigenvalue weighted by Crippen LogP contribution is -2.60. The van der Waals surface area contributed by atoms with Crippen molar-refractivity contribution in [2.45, 2.75) is 69.9 Å². The van der Waals surface area contributed by atoms with Gasteiger partial charge in [0.1, 0.15) is 17.5 Å². The molecule has 3 heterocycles. The van der Waals surface area contributed by atoms with Gasteiger partial charge in [-0.1, -0.05) is 19.9 Å². The number of halogens is 4. The molecule has 236 valence electrons. The summed E-state index contributed by atoms with van der Waals surface area (Å²) in [7, 11) is 0. The Kier molecular flexibility index (Phi) is 10.2. The Hall–Kier alpha value is -4.86. The summed E-state index contributed by atoms with van der Waals surface area (Å²) in [5, 5.41) is 11.3. The summed E-state index contributed by atoms with van der Waals surface area (Å²) >= 11 is 0. The molecule has 2 aromatic heterocycles. The van der Waals surface area contributed by atoms with Crippen molar-refractivity contribution in [3.63, 3.8) is 0 Å². The second-order valence-corrected chi connectivity index (χ2v) is 10.6. The van der Waals surface area contributed by atoms with E-state index in [-0.39, 0.29) is 23.7 Å². The maximum Gasteiger partial charge on any atom is 0.252 e. The molecule has 2 fully saturated rings. The van der Waals surface area contributed by atoms with E-state index in [9.17, 15) is 31.9 Å². The van der Waals surface area contributed by atoms with Crippen LogP contribution in [0.5, 0.6) is 0 Å². The van der Waals surface area contributed by atoms with Crippen LogP contribution in [0, 0.1) is 23.0 Å². The molecule has 0 radical (unpaired) electrons. The van der Waals surface area contributed by atoms with Crippen LogP contribution in [0.4, 0.5) is 29.1 Å². The molecular formula is C32H32F4N6O3. The van der Waals surface area contributed by atoms with Gasteiger partial charge in [-0.3, -0.25) is 29.2 Å². The first kappa shape index (κ1) is 33.0. The lowest BCUT2D eigenvalue weighted by atomic mass is 9.85. The average molecular weight is 625 g/mol. The van der Waals surface area contributed by atoms with E-state index in [1.807, 2.05) is 19.9 Å². The molecular weight excluding hydrogens is 592 g/mol. The topological polar surface area (TPSA) is 119 Å². The Labute approximate surface area is 257 Å². The molecule has 1 saturated heterocycles. The number of carbonyl (C=O) groups excluding carboxylic acids is 3. The van der Waals surface area contributed by atoms with Crippen LogP contribution in [-0.2, 0) is 26.3 Å². The summed E-state index contributed by atoms with van der Waals surface area (Å²) < 4.78 is 54.1. The van der Waals surface area contributed by atoms with Gasteiger partial charge in [0.25, 0.3) is 11.8 Å². The van der Waals surface area contributed by atoms with Gasteiger partial charge in [-0.05, 0) is 55.2 Å². The SMILES string of the molecule is CC.N#Cc1ccnc(N2CCCC2=O)c1.O=CN(c1cc(F)cc(F)c1)C1(C(=O)NC2CC(F)(F)C2)CCc2cccnc21. The third-order valence-corrected chi connectivity index (χ3v) is 7.71. The number of alkyl halides is 2. The summed E-state index contributed by atoms with van der Waals surface area (Å²) in [6, 6.07) is 10.5. The molecule has 1 saturated carbocycles. The molecule has 13 heteroatoms. The standard InChI is InChI=1S/C20H17F4N3O2.C10H9N3O.C2H6/c21-13-6-14(22)8-16(7-13)27(11-28)20(4-3-12-2-1-5-25-17(12)20)18(29)26-15-9-19(23,24)10-15;11-7-8-3-4-12-9(6-8)13-5-1-2-10(13)14;1-2/h1-2,5-8,11,15H,3-4,9-10H2,(H,26,29);3-4,6H,1-2,5H2;1-2H3. The number of anilines is 2. The fourth-order valence-electron chi connectivity index (χ4n) is 5.66. The highest BCUT2D eigenvalue weighted by Crippen LogP contribution is 2.44. The molecule has 9 nitrogen and oxygen atoms in total. The number of amides is 3. The Bertz CT molecular complexity index is 1590. The predicted octanol–water partition coefficient (Wildman–Crippen LogP) is 5.18. The van der Waals surface area contributed by atoms with Gasteiger partial charge in [0.05, 0.1) is 23.0 Å². The molecule has 45 heavy (non-hydrogen) atoms. The Balaban J connectivity index is 0.000000241. The van der Waals surface area contributed by atoms with Gasteiger partial charge >= 0.3 is 0 Å². The van der Waals surface area contributed by atoms with Gasteiger partial charge in [-0.25, -0.2) is 22.5 Å². The number of hydrogen-bond donors (Lipinski definition) is 1. The van der Waals surface area contributed by atoms with E-state index < -0.39 is 47.9 Å². The number of nitrogens with one attached hydrogen (secondary N) is 1. The van der Waals surface area contributed by atoms with Crippen LogP contribution >= 0.6 is 0 Å². The van der Waals surface area contributed by atoms with Crippen molar-refractivity contribution >= 4 is 29.7 Å². The zero-order chi connectivity index (χ0) is 32.8. The normalized spacial score (nSPS) is 19.5. The molecule has 1 N–H and O–H groups in total. The number of fused-ring (bicyclic) bond motifs is 1. The number of nitriles is 1. The molecule has 3 amide bonds. The maximum atomic E-state index is 13.8. The summed E-state index contributed by atoms with van der Waals surface area (Å²) in [4.78, 5) is 47.6. The van der Waals surface area contributed by atoms with E-state index >= 15 is 0 Å². The molecule has 0 spiro atoms. The number of rotatable bonds is 6. The van der Waals surface area contributed by atoms with Gasteiger partial charge in [-0.15, -0.1) is 0 Å². The Morgan fingerprint density at radius 2 is 1.80 bits per heavy atom. The van der Waals surface area contributed by atoms with Crippen molar-refractivity contribution < 1.29 is 31.9 Å². The minimum atomic E-state index is -2.84. The van der Waals surface area contributed by atoms with Gasteiger partial charge < -0.3 is 5.32 Å². The van der Waals surface area contributed by atoms with E-state index in [4.69, 9.17) is 5.26 Å². The van der Waals surface area contributed by atoms with Crippen molar-refractivity contribution in [1.29, 1.82) is 5.26 Å². The van der Waals surface area contributed by atoms with Crippen molar-refractivity contribution in [2.75, 3.05) is 16.3 Å². The number of nitrogens with zero attached hydrogens (tertiary/aromatic N) is 5. The van der Waals surface area contributed by atoms with Crippen LogP contribution < -0.4 is 15.1 Å². The third-order valence-electron chi connectivity index (χ3n) is 7.71. The van der Waals surface area contributed by atoms with E-state index in [1.54, 1.807) is 35.4 Å². The average Bonchev–Trinajstić information content (AvgIpc) is 3.62. The molecule has 2 aliphatic carbocycles. The van der Waals surface area contributed by atoms with Crippen molar-refractivity contribution in [3.8, 4) is 6.07 Å². The first-order valence-electron chi connectivity index (χ1n) is 14.6. The smallest absolute Gasteiger partial charge is 0.252 e. The highest BCUT2D eigenvalue weighted by atomic mass is 19.3. The van der Waals surface area contributed by atoms with E-state index in [2.05, 4.69) is 15.3 Å². The third kappa shape index (κ3) is 6.95. The second kappa shape index (κ2) is 13.8. The number of hydrogen-bond acceptors (Lipinski definition) is 6. The van der Waals surface area contributed by atoms with E-state index in [0.717, 1.165) is 23.5 Å². The molecule has 1 atom stereocenters. The summed E-state index contributed by atoms with van der Waals surface area (Å²) in [6.07, 6.45) is 4.25. The zero-order valence-corrected chi connectivity index (χ0v) is 24.8. The predicted molar refractivity (Wildman–Crippen MR) is 157 cm³/mol. The van der Waals surface area contributed by atoms with Crippen LogP contribution in [-0.4, -0.2) is 46.7 Å². The van der Waals surface area contributed by atoms with Crippen molar-refractivity contribution in [3.05, 3.63) is 83.3 Å². The molecule has 1 aromatic carbocycles. The van der Waals surface area contributed by atoms with E-state index in [1.165, 1.54) is 6.20 Å². The van der Waals surface area contributed by atoms with E-state index in [0.29, 0.717) is 48.8 Å². The molecule has 3 aromatic rings. The zero-order valence-electron chi connectivity index (χ0n) is 24.8. The first-order chi connectivity index (χ1) is 21.6. The van der Waals surface area contributed by atoms with Gasteiger partial charge in [0.2, 0.25) is 12.3 Å². The van der Waals surface area contributed by atoms with Crippen molar-refractivity contribution in [1.82, 2.24) is 15.3 Å². The lowest BCUT2D eigenvalue weighted by Gasteiger charge is -2.41. The number of aromatic nitrogens is 2. The quantitative estimate of drug-likeness (QED) is 0.298. The largest absolute Gasteiger partial charge is 0.351 e. The Morgan fingerprint density at radius 1 is 1.09 bits per heavy atom. The van der Waals surface area contributed by atoms with Crippen LogP contribution in [0.3, 0.4) is 0 Å². The van der Waals surface area contributed by atoms with Crippen LogP contribution in [0.2, 0.25) is 0 Å². The number of carbonyl (C=O) groups is 3. The highest BCUT2D eigenvalue weighted by Gasteiger charge is 2.54. The van der Waals surface area contributed by atoms with Crippen LogP contribution in [0.15, 0.2) is 54.9 Å². The number of aryl methyl sites for hydroxylation is 1. The lowest BCUT2D eigenvalue weighted by molar-refractivity contribution is -0.135. The number of benzene rings is 1. The summed E-state index contributed by atoms with van der Waals surface area (Å²) in [5.74, 6) is -4.69. The fourth-order valence-corrected chi connectivity index (χ4v) is 5.66. The minimum absolute atomic E-state index is 0.0904. The minimum Gasteiger partial charge on any atom is -0.351 e. The monoisotopic (exact) mass is 624 g/mol. The van der Waals surface area contributed by atoms with Gasteiger partial charge in [0, 0.05) is 50.3 Å². The van der Waals surface area contributed by atoms with Gasteiger partial charge in [0.15, 0.2) is 5.54 Å². The van der Waals surface area contributed by atoms with Crippen LogP contribution in [0.1, 0.15) is 62.8 Å². The first-order valence-corrected chi connectivity index (χ1v) is 14.6. The Morgan fingerprint density at radius 3 is 2.40 bits per heavy atom. The molecule has 0 bridgehead atoms. The maximum absolute atomic E-state index is 13.8.